The Morgan fingerprint density at radius 1 is 1.23 bits per heavy atom. The van der Waals surface area contributed by atoms with E-state index in [1.807, 2.05) is 0 Å². The van der Waals surface area contributed by atoms with Crippen LogP contribution in [-0.2, 0) is 4.79 Å². The van der Waals surface area contributed by atoms with Gasteiger partial charge in [0.05, 0.1) is 6.61 Å². The molecule has 0 aromatic carbocycles. The Morgan fingerprint density at radius 2 is 2.00 bits per heavy atom. The molecule has 0 aliphatic heterocycles. The van der Waals surface area contributed by atoms with Gasteiger partial charge in [-0.15, -0.1) is 0 Å². The van der Waals surface area contributed by atoms with Gasteiger partial charge in [-0.1, -0.05) is 19.3 Å². The van der Waals surface area contributed by atoms with Crippen LogP contribution >= 0.6 is 0 Å². The molecule has 1 fully saturated rings. The van der Waals surface area contributed by atoms with Crippen LogP contribution in [0.5, 0.6) is 0 Å². The first-order chi connectivity index (χ1) is 10.7. The van der Waals surface area contributed by atoms with E-state index >= 15 is 0 Å². The lowest BCUT2D eigenvalue weighted by molar-refractivity contribution is -0.121. The number of nitrogens with zero attached hydrogens (tertiary/aromatic N) is 1. The molecule has 0 spiro atoms. The minimum atomic E-state index is -0.165. The molecule has 0 radical (unpaired) electrons. The van der Waals surface area contributed by atoms with Crippen LogP contribution in [-0.4, -0.2) is 34.9 Å². The highest BCUT2D eigenvalue weighted by Crippen LogP contribution is 2.35. The quantitative estimate of drug-likeness (QED) is 0.756. The van der Waals surface area contributed by atoms with Gasteiger partial charge >= 0.3 is 0 Å². The Bertz CT molecular complexity index is 496. The Balaban J connectivity index is 1.75. The number of aliphatic hydroxyl groups excluding tert-OH is 1. The first-order valence-corrected chi connectivity index (χ1v) is 7.96. The van der Waals surface area contributed by atoms with Crippen molar-refractivity contribution in [2.75, 3.05) is 13.2 Å². The van der Waals surface area contributed by atoms with Gasteiger partial charge in [0, 0.05) is 42.8 Å². The molecule has 1 aliphatic rings. The number of aromatic nitrogens is 1. The zero-order valence-electron chi connectivity index (χ0n) is 12.9. The highest BCUT2D eigenvalue weighted by Gasteiger charge is 2.31. The van der Waals surface area contributed by atoms with E-state index in [2.05, 4.69) is 10.3 Å². The van der Waals surface area contributed by atoms with Crippen LogP contribution in [0.25, 0.3) is 0 Å². The second kappa shape index (κ2) is 8.03. The third kappa shape index (κ3) is 4.63. The molecule has 2 rings (SSSR count). The van der Waals surface area contributed by atoms with Crippen LogP contribution in [0, 0.1) is 5.41 Å². The standard InChI is InChI=1S/C17H24N2O3/c20-13-17(8-2-1-3-9-17)12-19-16(22)7-6-15(21)14-5-4-10-18-11-14/h4-5,10-11,20H,1-3,6-9,12-13H2,(H,19,22). The van der Waals surface area contributed by atoms with Crippen molar-refractivity contribution in [1.82, 2.24) is 10.3 Å². The average Bonchev–Trinajstić information content (AvgIpc) is 2.59. The van der Waals surface area contributed by atoms with Crippen LogP contribution < -0.4 is 5.32 Å². The van der Waals surface area contributed by atoms with Gasteiger partial charge in [-0.3, -0.25) is 14.6 Å². The Labute approximate surface area is 131 Å². The fourth-order valence-electron chi connectivity index (χ4n) is 2.97. The fraction of sp³-hybridized carbons (Fsp3) is 0.588. The second-order valence-electron chi connectivity index (χ2n) is 6.16. The van der Waals surface area contributed by atoms with E-state index in [1.165, 1.54) is 12.6 Å². The molecule has 5 heteroatoms. The summed E-state index contributed by atoms with van der Waals surface area (Å²) >= 11 is 0. The van der Waals surface area contributed by atoms with E-state index in [1.54, 1.807) is 18.3 Å². The van der Waals surface area contributed by atoms with Gasteiger partial charge in [0.1, 0.15) is 0 Å². The zero-order chi connectivity index (χ0) is 15.8. The normalized spacial score (nSPS) is 17.0. The summed E-state index contributed by atoms with van der Waals surface area (Å²) in [5.41, 5.74) is 0.371. The molecule has 5 nitrogen and oxygen atoms in total. The molecule has 1 aliphatic carbocycles. The number of aliphatic hydroxyl groups is 1. The lowest BCUT2D eigenvalue weighted by atomic mass is 9.74. The molecular weight excluding hydrogens is 280 g/mol. The van der Waals surface area contributed by atoms with Crippen LogP contribution in [0.2, 0.25) is 0 Å². The van der Waals surface area contributed by atoms with Gasteiger partial charge in [0.2, 0.25) is 5.91 Å². The first-order valence-electron chi connectivity index (χ1n) is 7.96. The number of carbonyl (C=O) groups excluding carboxylic acids is 2. The summed E-state index contributed by atoms with van der Waals surface area (Å²) in [5.74, 6) is -0.201. The highest BCUT2D eigenvalue weighted by molar-refractivity contribution is 5.97. The van der Waals surface area contributed by atoms with Gasteiger partial charge < -0.3 is 10.4 Å². The third-order valence-electron chi connectivity index (χ3n) is 4.47. The van der Waals surface area contributed by atoms with Crippen molar-refractivity contribution in [2.24, 2.45) is 5.41 Å². The molecule has 0 unspecified atom stereocenters. The van der Waals surface area contributed by atoms with Gasteiger partial charge in [0.15, 0.2) is 5.78 Å². The van der Waals surface area contributed by atoms with Crippen molar-refractivity contribution in [3.8, 4) is 0 Å². The predicted molar refractivity (Wildman–Crippen MR) is 83.4 cm³/mol. The molecule has 0 bridgehead atoms. The van der Waals surface area contributed by atoms with Gasteiger partial charge in [0.25, 0.3) is 0 Å². The summed E-state index contributed by atoms with van der Waals surface area (Å²) in [6.45, 7) is 0.616. The van der Waals surface area contributed by atoms with Crippen LogP contribution in [0.1, 0.15) is 55.3 Å². The van der Waals surface area contributed by atoms with Gasteiger partial charge in [-0.05, 0) is 25.0 Å². The van der Waals surface area contributed by atoms with Gasteiger partial charge in [-0.25, -0.2) is 0 Å². The lowest BCUT2D eigenvalue weighted by Crippen LogP contribution is -2.41. The van der Waals surface area contributed by atoms with E-state index in [0.717, 1.165) is 25.7 Å². The maximum Gasteiger partial charge on any atom is 0.220 e. The summed E-state index contributed by atoms with van der Waals surface area (Å²) in [6.07, 6.45) is 8.82. The summed E-state index contributed by atoms with van der Waals surface area (Å²) in [6, 6.07) is 3.41. The molecule has 0 saturated heterocycles. The smallest absolute Gasteiger partial charge is 0.220 e. The van der Waals surface area contributed by atoms with E-state index in [9.17, 15) is 14.7 Å². The number of ketones is 1. The third-order valence-corrected chi connectivity index (χ3v) is 4.47. The van der Waals surface area contributed by atoms with Gasteiger partial charge in [-0.2, -0.15) is 0 Å². The van der Waals surface area contributed by atoms with Crippen molar-refractivity contribution >= 4 is 11.7 Å². The number of amides is 1. The SMILES string of the molecule is O=C(CCC(=O)c1cccnc1)NCC1(CO)CCCCC1. The number of hydrogen-bond acceptors (Lipinski definition) is 4. The molecule has 1 aromatic heterocycles. The topological polar surface area (TPSA) is 79.3 Å². The Morgan fingerprint density at radius 3 is 2.64 bits per heavy atom. The van der Waals surface area contributed by atoms with Crippen molar-refractivity contribution < 1.29 is 14.7 Å². The number of pyridine rings is 1. The Kier molecular flexibility index (Phi) is 6.07. The van der Waals surface area contributed by atoms with Crippen molar-refractivity contribution in [2.45, 2.75) is 44.9 Å². The molecule has 120 valence electrons. The summed E-state index contributed by atoms with van der Waals surface area (Å²) in [4.78, 5) is 27.7. The first kappa shape index (κ1) is 16.6. The maximum atomic E-state index is 11.9. The number of carbonyl (C=O) groups is 2. The second-order valence-corrected chi connectivity index (χ2v) is 6.16. The fourth-order valence-corrected chi connectivity index (χ4v) is 2.97. The van der Waals surface area contributed by atoms with Crippen LogP contribution in [0.4, 0.5) is 0 Å². The van der Waals surface area contributed by atoms with E-state index in [4.69, 9.17) is 0 Å². The van der Waals surface area contributed by atoms with E-state index in [-0.39, 0.29) is 36.6 Å². The van der Waals surface area contributed by atoms with E-state index in [0.29, 0.717) is 12.1 Å². The minimum absolute atomic E-state index is 0.0715. The predicted octanol–water partition coefficient (Wildman–Crippen LogP) is 2.10. The molecule has 1 heterocycles. The summed E-state index contributed by atoms with van der Waals surface area (Å²) in [7, 11) is 0. The zero-order valence-corrected chi connectivity index (χ0v) is 12.9. The monoisotopic (exact) mass is 304 g/mol. The summed E-state index contributed by atoms with van der Waals surface area (Å²) < 4.78 is 0. The van der Waals surface area contributed by atoms with Crippen LogP contribution in [0.3, 0.4) is 0 Å². The van der Waals surface area contributed by atoms with Crippen molar-refractivity contribution in [3.05, 3.63) is 30.1 Å². The summed E-state index contributed by atoms with van der Waals surface area (Å²) in [5, 5.41) is 12.5. The number of nitrogens with one attached hydrogen (secondary N) is 1. The molecule has 0 atom stereocenters. The molecule has 22 heavy (non-hydrogen) atoms. The maximum absolute atomic E-state index is 11.9. The van der Waals surface area contributed by atoms with Crippen molar-refractivity contribution in [3.63, 3.8) is 0 Å². The van der Waals surface area contributed by atoms with E-state index < -0.39 is 0 Å². The van der Waals surface area contributed by atoms with Crippen LogP contribution in [0.15, 0.2) is 24.5 Å². The molecule has 1 saturated carbocycles. The molecule has 2 N–H and O–H groups in total. The number of hydrogen-bond donors (Lipinski definition) is 2. The lowest BCUT2D eigenvalue weighted by Gasteiger charge is -2.35. The number of Topliss-reactive ketones (excluding diaryl/α,β-unsaturated/α-hetero) is 1. The average molecular weight is 304 g/mol. The largest absolute Gasteiger partial charge is 0.396 e. The molecule has 1 aromatic rings. The Hall–Kier alpha value is -1.75. The molecular formula is C17H24N2O3. The molecule has 1 amide bonds. The number of rotatable bonds is 7. The minimum Gasteiger partial charge on any atom is -0.396 e. The van der Waals surface area contributed by atoms with Crippen molar-refractivity contribution in [1.29, 1.82) is 0 Å². The highest BCUT2D eigenvalue weighted by atomic mass is 16.3.